The molecule has 1 heterocycles. The summed E-state index contributed by atoms with van der Waals surface area (Å²) in [6.07, 6.45) is 0. The number of anilines is 1. The molecule has 0 aromatic heterocycles. The lowest BCUT2D eigenvalue weighted by atomic mass is 10.1. The van der Waals surface area contributed by atoms with Gasteiger partial charge in [-0.1, -0.05) is 18.2 Å². The van der Waals surface area contributed by atoms with Gasteiger partial charge in [-0.25, -0.2) is 8.78 Å². The van der Waals surface area contributed by atoms with Crippen LogP contribution in [0.4, 0.5) is 14.5 Å². The number of benzene rings is 1. The molecule has 13 heavy (non-hydrogen) atoms. The van der Waals surface area contributed by atoms with Gasteiger partial charge in [0.15, 0.2) is 0 Å². The number of halogens is 2. The molecule has 0 saturated carbocycles. The lowest BCUT2D eigenvalue weighted by Gasteiger charge is -2.41. The molecule has 0 amide bonds. The van der Waals surface area contributed by atoms with Gasteiger partial charge in [0.05, 0.1) is 13.1 Å². The van der Waals surface area contributed by atoms with Gasteiger partial charge in [0.1, 0.15) is 0 Å². The minimum atomic E-state index is -2.50. The topological polar surface area (TPSA) is 3.24 Å². The maximum atomic E-state index is 12.6. The van der Waals surface area contributed by atoms with Gasteiger partial charge in [-0.15, -0.1) is 0 Å². The van der Waals surface area contributed by atoms with Gasteiger partial charge in [-0.3, -0.25) is 0 Å². The van der Waals surface area contributed by atoms with E-state index in [9.17, 15) is 8.78 Å². The summed E-state index contributed by atoms with van der Waals surface area (Å²) in [5.74, 6) is -2.50. The number of alkyl halides is 2. The zero-order valence-corrected chi connectivity index (χ0v) is 7.35. The van der Waals surface area contributed by atoms with E-state index in [2.05, 4.69) is 6.07 Å². The Morgan fingerprint density at radius 3 is 2.69 bits per heavy atom. The molecular weight excluding hydrogens is 172 g/mol. The average molecular weight is 182 g/mol. The minimum Gasteiger partial charge on any atom is -0.359 e. The summed E-state index contributed by atoms with van der Waals surface area (Å²) in [6, 6.07) is 8.48. The lowest BCUT2D eigenvalue weighted by molar-refractivity contribution is -0.0263. The Kier molecular flexibility index (Phi) is 1.75. The smallest absolute Gasteiger partial charge is 0.282 e. The highest BCUT2D eigenvalue weighted by atomic mass is 19.3. The number of para-hydroxylation sites is 1. The average Bonchev–Trinajstić information content (AvgIpc) is 2.01. The zero-order valence-electron chi connectivity index (χ0n) is 7.35. The number of hydrogen-bond acceptors (Lipinski definition) is 1. The minimum absolute atomic E-state index is 0.172. The summed E-state index contributed by atoms with van der Waals surface area (Å²) >= 11 is 0. The van der Waals surface area contributed by atoms with E-state index in [1.807, 2.05) is 19.1 Å². The van der Waals surface area contributed by atoms with Gasteiger partial charge in [0.2, 0.25) is 0 Å². The third-order valence-corrected chi connectivity index (χ3v) is 2.20. The molecule has 0 aliphatic carbocycles. The van der Waals surface area contributed by atoms with Gasteiger partial charge in [0.25, 0.3) is 5.92 Å². The zero-order chi connectivity index (χ0) is 9.47. The van der Waals surface area contributed by atoms with Gasteiger partial charge in [0, 0.05) is 11.8 Å². The summed E-state index contributed by atoms with van der Waals surface area (Å²) < 4.78 is 25.1. The normalized spacial score (nSPS) is 19.8. The Balaban J connectivity index is 2.16. The van der Waals surface area contributed by atoms with Gasteiger partial charge in [-0.05, 0) is 12.5 Å². The van der Waals surface area contributed by atoms with E-state index in [0.717, 1.165) is 11.3 Å². The monoisotopic (exact) mass is 182 g/mol. The lowest BCUT2D eigenvalue weighted by Crippen LogP contribution is -2.56. The van der Waals surface area contributed by atoms with Crippen LogP contribution in [0.1, 0.15) is 5.56 Å². The Labute approximate surface area is 76.0 Å². The van der Waals surface area contributed by atoms with Crippen LogP contribution in [-0.2, 0) is 0 Å². The van der Waals surface area contributed by atoms with Crippen molar-refractivity contribution < 1.29 is 8.78 Å². The second-order valence-electron chi connectivity index (χ2n) is 3.41. The second-order valence-corrected chi connectivity index (χ2v) is 3.41. The number of nitrogens with zero attached hydrogens (tertiary/aromatic N) is 1. The molecule has 1 radical (unpaired) electrons. The third-order valence-electron chi connectivity index (χ3n) is 2.20. The standard InChI is InChI=1S/C10H10F2N/c1-8-4-2-3-5-9(8)13-6-10(11,12)7-13/h2-4H,6-7H2,1H3. The molecule has 1 aliphatic heterocycles. The van der Waals surface area contributed by atoms with E-state index >= 15 is 0 Å². The van der Waals surface area contributed by atoms with Crippen LogP contribution in [-0.4, -0.2) is 19.0 Å². The summed E-state index contributed by atoms with van der Waals surface area (Å²) in [6.45, 7) is 1.56. The molecule has 0 N–H and O–H groups in total. The van der Waals surface area contributed by atoms with Crippen LogP contribution in [0.25, 0.3) is 0 Å². The van der Waals surface area contributed by atoms with E-state index in [-0.39, 0.29) is 13.1 Å². The Bertz CT molecular complexity index is 314. The molecule has 2 rings (SSSR count). The van der Waals surface area contributed by atoms with Crippen LogP contribution in [0.2, 0.25) is 0 Å². The van der Waals surface area contributed by atoms with Crippen LogP contribution >= 0.6 is 0 Å². The molecule has 3 heteroatoms. The molecule has 1 aromatic rings. The fourth-order valence-electron chi connectivity index (χ4n) is 1.52. The molecule has 1 nitrogen and oxygen atoms in total. The summed E-state index contributed by atoms with van der Waals surface area (Å²) in [5.41, 5.74) is 1.80. The van der Waals surface area contributed by atoms with Crippen LogP contribution in [0, 0.1) is 13.0 Å². The fraction of sp³-hybridized carbons (Fsp3) is 0.400. The van der Waals surface area contributed by atoms with Crippen LogP contribution in [0.3, 0.4) is 0 Å². The molecule has 1 saturated heterocycles. The second kappa shape index (κ2) is 2.69. The first kappa shape index (κ1) is 8.48. The molecule has 1 aliphatic rings. The molecule has 0 unspecified atom stereocenters. The fourth-order valence-corrected chi connectivity index (χ4v) is 1.52. The summed E-state index contributed by atoms with van der Waals surface area (Å²) in [4.78, 5) is 1.65. The van der Waals surface area contributed by atoms with Crippen molar-refractivity contribution >= 4 is 5.69 Å². The van der Waals surface area contributed by atoms with Crippen LogP contribution < -0.4 is 4.90 Å². The predicted octanol–water partition coefficient (Wildman–Crippen LogP) is 2.25. The molecule has 1 fully saturated rings. The van der Waals surface area contributed by atoms with Crippen molar-refractivity contribution in [3.8, 4) is 0 Å². The molecule has 0 atom stereocenters. The van der Waals surface area contributed by atoms with Crippen molar-refractivity contribution in [2.24, 2.45) is 0 Å². The quantitative estimate of drug-likeness (QED) is 0.643. The maximum Gasteiger partial charge on any atom is 0.282 e. The largest absolute Gasteiger partial charge is 0.359 e. The van der Waals surface area contributed by atoms with E-state index in [1.165, 1.54) is 0 Å². The number of hydrogen-bond donors (Lipinski definition) is 0. The number of rotatable bonds is 1. The van der Waals surface area contributed by atoms with E-state index in [1.54, 1.807) is 11.0 Å². The van der Waals surface area contributed by atoms with E-state index in [4.69, 9.17) is 0 Å². The highest BCUT2D eigenvalue weighted by Crippen LogP contribution is 2.32. The van der Waals surface area contributed by atoms with Crippen molar-refractivity contribution in [3.63, 3.8) is 0 Å². The maximum absolute atomic E-state index is 12.6. The first-order chi connectivity index (χ1) is 6.08. The summed E-state index contributed by atoms with van der Waals surface area (Å²) in [5, 5.41) is 0. The molecule has 69 valence electrons. The number of aryl methyl sites for hydroxylation is 1. The first-order valence-electron chi connectivity index (χ1n) is 4.19. The van der Waals surface area contributed by atoms with Crippen molar-refractivity contribution in [1.82, 2.24) is 0 Å². The van der Waals surface area contributed by atoms with E-state index < -0.39 is 5.92 Å². The van der Waals surface area contributed by atoms with Crippen molar-refractivity contribution in [2.45, 2.75) is 12.8 Å². The van der Waals surface area contributed by atoms with Gasteiger partial charge >= 0.3 is 0 Å². The molecule has 0 spiro atoms. The van der Waals surface area contributed by atoms with Gasteiger partial charge < -0.3 is 4.90 Å². The Hall–Kier alpha value is -1.12. The molecular formula is C10H10F2N. The predicted molar refractivity (Wildman–Crippen MR) is 47.2 cm³/mol. The van der Waals surface area contributed by atoms with E-state index in [0.29, 0.717) is 0 Å². The van der Waals surface area contributed by atoms with Crippen molar-refractivity contribution in [2.75, 3.05) is 18.0 Å². The van der Waals surface area contributed by atoms with Crippen LogP contribution in [0.15, 0.2) is 18.2 Å². The summed E-state index contributed by atoms with van der Waals surface area (Å²) in [7, 11) is 0. The van der Waals surface area contributed by atoms with Crippen molar-refractivity contribution in [3.05, 3.63) is 29.8 Å². The highest BCUT2D eigenvalue weighted by molar-refractivity contribution is 5.54. The van der Waals surface area contributed by atoms with Crippen LogP contribution in [0.5, 0.6) is 0 Å². The first-order valence-corrected chi connectivity index (χ1v) is 4.19. The van der Waals surface area contributed by atoms with Crippen molar-refractivity contribution in [1.29, 1.82) is 0 Å². The van der Waals surface area contributed by atoms with Gasteiger partial charge in [-0.2, -0.15) is 0 Å². The Morgan fingerprint density at radius 1 is 1.46 bits per heavy atom. The highest BCUT2D eigenvalue weighted by Gasteiger charge is 2.44. The molecule has 0 bridgehead atoms. The SMILES string of the molecule is Cc1ccc[c]c1N1CC(F)(F)C1. The Morgan fingerprint density at radius 2 is 2.15 bits per heavy atom. The molecule has 1 aromatic carbocycles. The third kappa shape index (κ3) is 1.50.